The number of thioether (sulfide) groups is 1. The van der Waals surface area contributed by atoms with Crippen molar-refractivity contribution < 1.29 is 19.2 Å². The third-order valence-corrected chi connectivity index (χ3v) is 8.76. The Bertz CT molecular complexity index is 2010. The van der Waals surface area contributed by atoms with Gasteiger partial charge in [0.05, 0.1) is 0 Å². The molecule has 1 atom stereocenters. The van der Waals surface area contributed by atoms with Crippen LogP contribution in [0.2, 0.25) is 10.0 Å². The first-order valence-electron chi connectivity index (χ1n) is 15.0. The van der Waals surface area contributed by atoms with Gasteiger partial charge in [-0.1, -0.05) is 83.9 Å². The van der Waals surface area contributed by atoms with Gasteiger partial charge in [-0.15, -0.1) is 11.8 Å². The largest absolute Gasteiger partial charge is 0.326 e. The van der Waals surface area contributed by atoms with Gasteiger partial charge in [0.2, 0.25) is 11.8 Å². The van der Waals surface area contributed by atoms with Crippen LogP contribution in [0.5, 0.6) is 0 Å². The maximum Gasteiger partial charge on any atom is 0.272 e. The summed E-state index contributed by atoms with van der Waals surface area (Å²) in [5.41, 5.74) is 3.22. The summed E-state index contributed by atoms with van der Waals surface area (Å²) in [4.78, 5) is 52.4. The van der Waals surface area contributed by atoms with E-state index >= 15 is 0 Å². The fourth-order valence-electron chi connectivity index (χ4n) is 4.65. The minimum absolute atomic E-state index is 0.0396. The molecule has 0 aliphatic heterocycles. The molecular weight excluding hydrogens is 679 g/mol. The number of amides is 4. The first-order valence-corrected chi connectivity index (χ1v) is 16.6. The highest BCUT2D eigenvalue weighted by Crippen LogP contribution is 2.37. The number of carbonyl (C=O) groups is 4. The molecule has 0 radical (unpaired) electrons. The van der Waals surface area contributed by atoms with Crippen LogP contribution >= 0.6 is 35.0 Å². The summed E-state index contributed by atoms with van der Waals surface area (Å²) < 4.78 is 0. The third kappa shape index (κ3) is 10.1. The molecule has 49 heavy (non-hydrogen) atoms. The van der Waals surface area contributed by atoms with Crippen molar-refractivity contribution in [1.82, 2.24) is 5.32 Å². The Hall–Kier alpha value is -5.35. The molecule has 0 aliphatic carbocycles. The van der Waals surface area contributed by atoms with E-state index in [0.717, 1.165) is 5.56 Å². The molecule has 0 heterocycles. The topological polar surface area (TPSA) is 116 Å². The maximum absolute atomic E-state index is 13.7. The highest BCUT2D eigenvalue weighted by atomic mass is 35.5. The molecule has 5 aromatic carbocycles. The second kappa shape index (κ2) is 16.7. The number of anilines is 3. The Morgan fingerprint density at radius 3 is 1.98 bits per heavy atom. The van der Waals surface area contributed by atoms with Crippen LogP contribution < -0.4 is 21.3 Å². The van der Waals surface area contributed by atoms with Crippen LogP contribution in [-0.2, 0) is 14.4 Å². The van der Waals surface area contributed by atoms with E-state index in [0.29, 0.717) is 43.1 Å². The number of halogens is 2. The average molecular weight is 710 g/mol. The van der Waals surface area contributed by atoms with Crippen LogP contribution in [0.4, 0.5) is 17.1 Å². The number of rotatable bonds is 11. The maximum atomic E-state index is 13.7. The lowest BCUT2D eigenvalue weighted by atomic mass is 10.1. The van der Waals surface area contributed by atoms with Crippen LogP contribution in [0, 0.1) is 0 Å². The minimum Gasteiger partial charge on any atom is -0.326 e. The van der Waals surface area contributed by atoms with E-state index in [1.54, 1.807) is 91.0 Å². The second-order valence-electron chi connectivity index (χ2n) is 10.7. The van der Waals surface area contributed by atoms with Gasteiger partial charge in [-0.3, -0.25) is 19.2 Å². The van der Waals surface area contributed by atoms with Gasteiger partial charge < -0.3 is 21.3 Å². The molecule has 0 aliphatic rings. The van der Waals surface area contributed by atoms with Gasteiger partial charge in [-0.05, 0) is 83.9 Å². The van der Waals surface area contributed by atoms with E-state index in [-0.39, 0.29) is 17.5 Å². The molecule has 8 nitrogen and oxygen atoms in total. The number of nitrogens with one attached hydrogen (secondary N) is 4. The zero-order chi connectivity index (χ0) is 34.8. The molecule has 5 rings (SSSR count). The zero-order valence-corrected chi connectivity index (χ0v) is 28.4. The first kappa shape index (κ1) is 35.0. The lowest BCUT2D eigenvalue weighted by Crippen LogP contribution is -2.30. The summed E-state index contributed by atoms with van der Waals surface area (Å²) in [5, 5.41) is 11.3. The van der Waals surface area contributed by atoms with E-state index in [1.807, 2.05) is 36.4 Å². The van der Waals surface area contributed by atoms with Crippen molar-refractivity contribution in [2.75, 3.05) is 16.0 Å². The zero-order valence-electron chi connectivity index (χ0n) is 26.1. The van der Waals surface area contributed by atoms with Gasteiger partial charge in [0.1, 0.15) is 10.9 Å². The van der Waals surface area contributed by atoms with Crippen LogP contribution in [0.25, 0.3) is 6.08 Å². The lowest BCUT2D eigenvalue weighted by molar-refractivity contribution is -0.116. The Balaban J connectivity index is 1.37. The van der Waals surface area contributed by atoms with Crippen LogP contribution in [0.1, 0.15) is 33.7 Å². The minimum atomic E-state index is -0.644. The van der Waals surface area contributed by atoms with Crippen molar-refractivity contribution in [2.45, 2.75) is 17.1 Å². The van der Waals surface area contributed by atoms with Crippen molar-refractivity contribution in [3.05, 3.63) is 160 Å². The van der Waals surface area contributed by atoms with Crippen LogP contribution in [-0.4, -0.2) is 23.6 Å². The molecule has 246 valence electrons. The summed E-state index contributed by atoms with van der Waals surface area (Å²) in [6.45, 7) is 1.43. The normalized spacial score (nSPS) is 11.6. The predicted octanol–water partition coefficient (Wildman–Crippen LogP) is 8.83. The molecule has 0 saturated heterocycles. The van der Waals surface area contributed by atoms with Gasteiger partial charge >= 0.3 is 0 Å². The number of carbonyl (C=O) groups excluding carboxylic acids is 4. The third-order valence-electron chi connectivity index (χ3n) is 6.95. The van der Waals surface area contributed by atoms with E-state index in [4.69, 9.17) is 23.2 Å². The smallest absolute Gasteiger partial charge is 0.272 e. The Labute approximate surface area is 297 Å². The van der Waals surface area contributed by atoms with E-state index in [9.17, 15) is 19.2 Å². The number of hydrogen-bond donors (Lipinski definition) is 4. The van der Waals surface area contributed by atoms with E-state index < -0.39 is 17.1 Å². The Morgan fingerprint density at radius 2 is 1.33 bits per heavy atom. The highest BCUT2D eigenvalue weighted by Gasteiger charge is 2.23. The molecule has 4 amide bonds. The van der Waals surface area contributed by atoms with Crippen molar-refractivity contribution in [1.29, 1.82) is 0 Å². The standard InChI is InChI=1S/C38H30Cl2N4O4S/c1-24(45)41-29-17-19-30(20-18-29)42-38(48)35(25-9-4-2-5-10-25)49-32-14-8-13-31(23-32)43-37(47)34(21-27-15-16-28(39)22-33(27)40)44-36(46)26-11-6-3-7-12-26/h2-23,35H,1H3,(H,41,45)(H,42,48)(H,43,47)(H,44,46)/b34-21+. The number of hydrogen-bond acceptors (Lipinski definition) is 5. The highest BCUT2D eigenvalue weighted by molar-refractivity contribution is 8.00. The van der Waals surface area contributed by atoms with Crippen molar-refractivity contribution in [3.8, 4) is 0 Å². The molecule has 0 saturated carbocycles. The van der Waals surface area contributed by atoms with E-state index in [2.05, 4.69) is 21.3 Å². The molecule has 0 bridgehead atoms. The predicted molar refractivity (Wildman–Crippen MR) is 198 cm³/mol. The van der Waals surface area contributed by atoms with Gasteiger partial charge in [0, 0.05) is 44.5 Å². The first-order chi connectivity index (χ1) is 23.6. The Morgan fingerprint density at radius 1 is 0.673 bits per heavy atom. The summed E-state index contributed by atoms with van der Waals surface area (Å²) >= 11 is 13.8. The molecular formula is C38H30Cl2N4O4S. The Kier molecular flexibility index (Phi) is 11.9. The second-order valence-corrected chi connectivity index (χ2v) is 12.7. The van der Waals surface area contributed by atoms with Gasteiger partial charge in [-0.25, -0.2) is 0 Å². The van der Waals surface area contributed by atoms with Gasteiger partial charge in [0.15, 0.2) is 0 Å². The molecule has 0 aromatic heterocycles. The molecule has 1 unspecified atom stereocenters. The molecule has 0 spiro atoms. The van der Waals surface area contributed by atoms with Crippen LogP contribution in [0.3, 0.4) is 0 Å². The molecule has 5 aromatic rings. The van der Waals surface area contributed by atoms with Crippen LogP contribution in [0.15, 0.2) is 138 Å². The average Bonchev–Trinajstić information content (AvgIpc) is 3.09. The summed E-state index contributed by atoms with van der Waals surface area (Å²) in [7, 11) is 0. The fraction of sp³-hybridized carbons (Fsp3) is 0.0526. The fourth-order valence-corrected chi connectivity index (χ4v) is 6.19. The van der Waals surface area contributed by atoms with Crippen molar-refractivity contribution in [2.24, 2.45) is 0 Å². The quantitative estimate of drug-likeness (QED) is 0.0808. The SMILES string of the molecule is CC(=O)Nc1ccc(NC(=O)C(Sc2cccc(NC(=O)/C(=C\c3ccc(Cl)cc3Cl)NC(=O)c3ccccc3)c2)c2ccccc2)cc1. The van der Waals surface area contributed by atoms with E-state index in [1.165, 1.54) is 24.8 Å². The molecule has 0 fully saturated rings. The summed E-state index contributed by atoms with van der Waals surface area (Å²) in [6.07, 6.45) is 1.48. The molecule has 11 heteroatoms. The van der Waals surface area contributed by atoms with Crippen molar-refractivity contribution >= 4 is 81.7 Å². The van der Waals surface area contributed by atoms with Gasteiger partial charge in [0.25, 0.3) is 11.8 Å². The summed E-state index contributed by atoms with van der Waals surface area (Å²) in [6, 6.07) is 36.6. The summed E-state index contributed by atoms with van der Waals surface area (Å²) in [5.74, 6) is -1.51. The molecule has 4 N–H and O–H groups in total. The van der Waals surface area contributed by atoms with Crippen molar-refractivity contribution in [3.63, 3.8) is 0 Å². The van der Waals surface area contributed by atoms with Gasteiger partial charge in [-0.2, -0.15) is 0 Å². The number of benzene rings is 5. The monoisotopic (exact) mass is 708 g/mol. The lowest BCUT2D eigenvalue weighted by Gasteiger charge is -2.18.